The van der Waals surface area contributed by atoms with Gasteiger partial charge in [0.2, 0.25) is 11.8 Å². The summed E-state index contributed by atoms with van der Waals surface area (Å²) in [6.07, 6.45) is 0.966. The van der Waals surface area contributed by atoms with Gasteiger partial charge in [0.15, 0.2) is 0 Å². The summed E-state index contributed by atoms with van der Waals surface area (Å²) in [5.74, 6) is -1.42. The second-order valence-electron chi connectivity index (χ2n) is 9.81. The van der Waals surface area contributed by atoms with Crippen LogP contribution in [0, 0.1) is 5.82 Å². The van der Waals surface area contributed by atoms with Crippen LogP contribution in [-0.2, 0) is 39.0 Å². The van der Waals surface area contributed by atoms with E-state index in [1.165, 1.54) is 36.2 Å². The third-order valence-corrected chi connectivity index (χ3v) is 8.81. The Bertz CT molecular complexity index is 1580. The van der Waals surface area contributed by atoms with Crippen molar-refractivity contribution < 1.29 is 22.4 Å². The number of halogens is 1. The molecule has 0 aliphatic rings. The van der Waals surface area contributed by atoms with E-state index in [9.17, 15) is 22.4 Å². The number of carbonyl (C=O) groups is 2. The van der Waals surface area contributed by atoms with Crippen LogP contribution in [0.3, 0.4) is 0 Å². The topological polar surface area (TPSA) is 86.8 Å². The monoisotopic (exact) mass is 587 g/mol. The van der Waals surface area contributed by atoms with Gasteiger partial charge in [-0.1, -0.05) is 79.7 Å². The molecule has 0 radical (unpaired) electrons. The minimum atomic E-state index is -4.16. The molecule has 2 amide bonds. The van der Waals surface area contributed by atoms with Crippen molar-refractivity contribution in [2.75, 3.05) is 17.9 Å². The lowest BCUT2D eigenvalue weighted by molar-refractivity contribution is -0.139. The smallest absolute Gasteiger partial charge is 0.264 e. The van der Waals surface area contributed by atoms with Crippen LogP contribution >= 0.6 is 0 Å². The Morgan fingerprint density at radius 1 is 0.786 bits per heavy atom. The average molecular weight is 588 g/mol. The van der Waals surface area contributed by atoms with Crippen LogP contribution in [0.2, 0.25) is 0 Å². The summed E-state index contributed by atoms with van der Waals surface area (Å²) < 4.78 is 42.6. The molecular formula is C33H34FN3O4S. The number of carbonyl (C=O) groups excluding carboxylic acids is 2. The minimum Gasteiger partial charge on any atom is -0.357 e. The lowest BCUT2D eigenvalue weighted by Crippen LogP contribution is -2.53. The summed E-state index contributed by atoms with van der Waals surface area (Å²) in [7, 11) is -2.67. The van der Waals surface area contributed by atoms with Crippen molar-refractivity contribution in [2.24, 2.45) is 0 Å². The molecule has 4 rings (SSSR count). The molecule has 4 aromatic rings. The minimum absolute atomic E-state index is 0.0297. The van der Waals surface area contributed by atoms with Crippen molar-refractivity contribution in [1.82, 2.24) is 10.2 Å². The van der Waals surface area contributed by atoms with Gasteiger partial charge in [0.25, 0.3) is 10.0 Å². The van der Waals surface area contributed by atoms with Gasteiger partial charge in [0.05, 0.1) is 10.6 Å². The van der Waals surface area contributed by atoms with Gasteiger partial charge in [0, 0.05) is 20.0 Å². The third kappa shape index (κ3) is 7.41. The van der Waals surface area contributed by atoms with Crippen molar-refractivity contribution in [3.8, 4) is 0 Å². The number of nitrogens with zero attached hydrogens (tertiary/aromatic N) is 2. The first-order valence-electron chi connectivity index (χ1n) is 13.7. The molecule has 42 heavy (non-hydrogen) atoms. The van der Waals surface area contributed by atoms with E-state index in [1.807, 2.05) is 49.4 Å². The average Bonchev–Trinajstić information content (AvgIpc) is 3.03. The van der Waals surface area contributed by atoms with Gasteiger partial charge in [-0.2, -0.15) is 0 Å². The van der Waals surface area contributed by atoms with Crippen molar-refractivity contribution in [1.29, 1.82) is 0 Å². The largest absolute Gasteiger partial charge is 0.357 e. The molecule has 0 bridgehead atoms. The van der Waals surface area contributed by atoms with Gasteiger partial charge in [0.1, 0.15) is 18.4 Å². The van der Waals surface area contributed by atoms with Gasteiger partial charge >= 0.3 is 0 Å². The lowest BCUT2D eigenvalue weighted by atomic mass is 10.0. The van der Waals surface area contributed by atoms with Gasteiger partial charge < -0.3 is 10.2 Å². The fraction of sp³-hybridized carbons (Fsp3) is 0.212. The standard InChI is InChI=1S/C33H34FN3O4S/c1-3-25-16-20-29(21-17-25)37(42(40,41)30-12-8-5-9-13-30)24-32(38)36(23-27-14-18-28(34)19-15-27)31(33(39)35-2)22-26-10-6-4-7-11-26/h4-21,31H,3,22-24H2,1-2H3,(H,35,39)/t31-/m0/s1. The Morgan fingerprint density at radius 2 is 1.36 bits per heavy atom. The fourth-order valence-corrected chi connectivity index (χ4v) is 6.09. The first kappa shape index (κ1) is 30.5. The highest BCUT2D eigenvalue weighted by molar-refractivity contribution is 7.92. The fourth-order valence-electron chi connectivity index (χ4n) is 4.65. The molecule has 0 aliphatic carbocycles. The number of hydrogen-bond donors (Lipinski definition) is 1. The first-order valence-corrected chi connectivity index (χ1v) is 15.1. The van der Waals surface area contributed by atoms with E-state index in [2.05, 4.69) is 5.32 Å². The Labute approximate surface area is 246 Å². The Hall–Kier alpha value is -4.50. The van der Waals surface area contributed by atoms with Crippen LogP contribution in [0.5, 0.6) is 0 Å². The highest BCUT2D eigenvalue weighted by atomic mass is 32.2. The van der Waals surface area contributed by atoms with Crippen LogP contribution in [0.15, 0.2) is 114 Å². The molecule has 0 saturated heterocycles. The molecule has 0 heterocycles. The van der Waals surface area contributed by atoms with E-state index in [0.29, 0.717) is 11.3 Å². The molecule has 0 unspecified atom stereocenters. The molecule has 0 aliphatic heterocycles. The zero-order chi connectivity index (χ0) is 30.1. The predicted molar refractivity (Wildman–Crippen MR) is 162 cm³/mol. The number of hydrogen-bond acceptors (Lipinski definition) is 4. The van der Waals surface area contributed by atoms with Crippen molar-refractivity contribution >= 4 is 27.5 Å². The number of benzene rings is 4. The Kier molecular flexibility index (Phi) is 10.1. The zero-order valence-electron chi connectivity index (χ0n) is 23.6. The summed E-state index contributed by atoms with van der Waals surface area (Å²) in [6.45, 7) is 1.42. The number of aryl methyl sites for hydroxylation is 1. The normalized spacial score (nSPS) is 11.9. The van der Waals surface area contributed by atoms with Gasteiger partial charge in [-0.05, 0) is 59.5 Å². The number of rotatable bonds is 12. The van der Waals surface area contributed by atoms with Crippen LogP contribution in [0.4, 0.5) is 10.1 Å². The van der Waals surface area contributed by atoms with Crippen LogP contribution in [0.25, 0.3) is 0 Å². The predicted octanol–water partition coefficient (Wildman–Crippen LogP) is 4.97. The van der Waals surface area contributed by atoms with E-state index in [-0.39, 0.29) is 17.9 Å². The summed E-state index contributed by atoms with van der Waals surface area (Å²) >= 11 is 0. The number of sulfonamides is 1. The van der Waals surface area contributed by atoms with E-state index in [1.54, 1.807) is 42.5 Å². The molecule has 1 N–H and O–H groups in total. The Balaban J connectivity index is 1.77. The zero-order valence-corrected chi connectivity index (χ0v) is 24.4. The maximum absolute atomic E-state index is 14.2. The molecule has 7 nitrogen and oxygen atoms in total. The summed E-state index contributed by atoms with van der Waals surface area (Å²) in [4.78, 5) is 28.9. The molecule has 0 saturated carbocycles. The second kappa shape index (κ2) is 13.9. The summed E-state index contributed by atoms with van der Waals surface area (Å²) in [6, 6.07) is 28.9. The summed E-state index contributed by atoms with van der Waals surface area (Å²) in [5, 5.41) is 2.64. The van der Waals surface area contributed by atoms with Crippen LogP contribution < -0.4 is 9.62 Å². The second-order valence-corrected chi connectivity index (χ2v) is 11.7. The van der Waals surface area contributed by atoms with Crippen LogP contribution in [0.1, 0.15) is 23.6 Å². The molecule has 0 spiro atoms. The molecule has 0 aromatic heterocycles. The number of nitrogens with one attached hydrogen (secondary N) is 1. The van der Waals surface area contributed by atoms with Crippen molar-refractivity contribution in [2.45, 2.75) is 37.2 Å². The lowest BCUT2D eigenvalue weighted by Gasteiger charge is -2.33. The van der Waals surface area contributed by atoms with Crippen molar-refractivity contribution in [3.63, 3.8) is 0 Å². The molecular weight excluding hydrogens is 553 g/mol. The number of likely N-dealkylation sites (N-methyl/N-ethyl adjacent to an activating group) is 1. The van der Waals surface area contributed by atoms with Gasteiger partial charge in [-0.25, -0.2) is 12.8 Å². The highest BCUT2D eigenvalue weighted by Gasteiger charge is 2.34. The molecule has 9 heteroatoms. The van der Waals surface area contributed by atoms with E-state index in [0.717, 1.165) is 21.9 Å². The molecule has 218 valence electrons. The van der Waals surface area contributed by atoms with Crippen LogP contribution in [-0.4, -0.2) is 44.8 Å². The molecule has 1 atom stereocenters. The molecule has 4 aromatic carbocycles. The first-order chi connectivity index (χ1) is 20.2. The van der Waals surface area contributed by atoms with E-state index >= 15 is 0 Å². The van der Waals surface area contributed by atoms with E-state index in [4.69, 9.17) is 0 Å². The van der Waals surface area contributed by atoms with Gasteiger partial charge in [-0.15, -0.1) is 0 Å². The quantitative estimate of drug-likeness (QED) is 0.254. The Morgan fingerprint density at radius 3 is 1.93 bits per heavy atom. The number of amides is 2. The maximum Gasteiger partial charge on any atom is 0.264 e. The highest BCUT2D eigenvalue weighted by Crippen LogP contribution is 2.25. The summed E-state index contributed by atoms with van der Waals surface area (Å²) in [5.41, 5.74) is 2.76. The van der Waals surface area contributed by atoms with Gasteiger partial charge in [-0.3, -0.25) is 13.9 Å². The SMILES string of the molecule is CCc1ccc(N(CC(=O)N(Cc2ccc(F)cc2)[C@@H](Cc2ccccc2)C(=O)NC)S(=O)(=O)c2ccccc2)cc1. The maximum atomic E-state index is 14.2. The van der Waals surface area contributed by atoms with E-state index < -0.39 is 40.2 Å². The third-order valence-electron chi connectivity index (χ3n) is 7.03. The molecule has 0 fully saturated rings. The number of anilines is 1. The van der Waals surface area contributed by atoms with Crippen molar-refractivity contribution in [3.05, 3.63) is 132 Å².